The van der Waals surface area contributed by atoms with Crippen LogP contribution in [0.4, 0.5) is 0 Å². The Bertz CT molecular complexity index is 670. The molecule has 1 aromatic carbocycles. The Kier molecular flexibility index (Phi) is 6.87. The van der Waals surface area contributed by atoms with E-state index in [2.05, 4.69) is 36.3 Å². The molecule has 1 N–H and O–H groups in total. The number of imidazole rings is 1. The normalized spacial score (nSPS) is 12.4. The molecule has 1 aromatic heterocycles. The summed E-state index contributed by atoms with van der Waals surface area (Å²) in [5.41, 5.74) is 2.37. The molecule has 2 rings (SSSR count). The van der Waals surface area contributed by atoms with Gasteiger partial charge in [-0.3, -0.25) is 9.36 Å². The molecule has 0 bridgehead atoms. The van der Waals surface area contributed by atoms with E-state index in [0.717, 1.165) is 10.8 Å². The van der Waals surface area contributed by atoms with Crippen LogP contribution in [-0.2, 0) is 9.53 Å². The molecule has 6 heteroatoms. The van der Waals surface area contributed by atoms with Crippen LogP contribution in [0, 0.1) is 0 Å². The summed E-state index contributed by atoms with van der Waals surface area (Å²) >= 11 is 1.44. The van der Waals surface area contributed by atoms with Crippen LogP contribution in [0.5, 0.6) is 0 Å². The van der Waals surface area contributed by atoms with Gasteiger partial charge in [-0.25, -0.2) is 4.98 Å². The Labute approximate surface area is 147 Å². The lowest BCUT2D eigenvalue weighted by Crippen LogP contribution is -2.36. The maximum atomic E-state index is 12.0. The fraction of sp³-hybridized carbons (Fsp3) is 0.444. The lowest BCUT2D eigenvalue weighted by atomic mass is 10.0. The summed E-state index contributed by atoms with van der Waals surface area (Å²) in [6, 6.07) is 8.29. The van der Waals surface area contributed by atoms with Gasteiger partial charge >= 0.3 is 0 Å². The minimum atomic E-state index is -0.0174. The largest absolute Gasteiger partial charge is 0.383 e. The van der Waals surface area contributed by atoms with Gasteiger partial charge in [0.1, 0.15) is 0 Å². The zero-order chi connectivity index (χ0) is 17.5. The van der Waals surface area contributed by atoms with Gasteiger partial charge in [0.25, 0.3) is 0 Å². The van der Waals surface area contributed by atoms with Crippen LogP contribution in [0.25, 0.3) is 5.69 Å². The first-order chi connectivity index (χ1) is 11.5. The molecule has 0 spiro atoms. The first kappa shape index (κ1) is 18.5. The maximum Gasteiger partial charge on any atom is 0.230 e. The molecule has 5 nitrogen and oxygen atoms in total. The molecule has 0 aliphatic heterocycles. The van der Waals surface area contributed by atoms with Crippen LogP contribution in [0.15, 0.2) is 41.8 Å². The number of thioether (sulfide) groups is 1. The van der Waals surface area contributed by atoms with Gasteiger partial charge in [0.2, 0.25) is 5.91 Å². The van der Waals surface area contributed by atoms with E-state index in [1.165, 1.54) is 17.3 Å². The van der Waals surface area contributed by atoms with Gasteiger partial charge in [0.15, 0.2) is 5.16 Å². The first-order valence-corrected chi connectivity index (χ1v) is 9.05. The van der Waals surface area contributed by atoms with Crippen molar-refractivity contribution in [2.75, 3.05) is 19.5 Å². The standard InChI is InChI=1S/C18H25N3O2S/c1-13(2)15-7-5-6-8-16(15)21-10-9-19-18(21)24-12-17(22)20-14(3)11-23-4/h5-10,13-14H,11-12H2,1-4H3,(H,20,22). The monoisotopic (exact) mass is 347 g/mol. The van der Waals surface area contributed by atoms with Gasteiger partial charge in [0.05, 0.1) is 18.0 Å². The highest BCUT2D eigenvalue weighted by Crippen LogP contribution is 2.27. The molecular formula is C18H25N3O2S. The third-order valence-electron chi connectivity index (χ3n) is 3.58. The summed E-state index contributed by atoms with van der Waals surface area (Å²) in [5, 5.41) is 3.73. The van der Waals surface area contributed by atoms with Crippen molar-refractivity contribution in [2.24, 2.45) is 0 Å². The topological polar surface area (TPSA) is 56.1 Å². The highest BCUT2D eigenvalue weighted by molar-refractivity contribution is 7.99. The maximum absolute atomic E-state index is 12.0. The van der Waals surface area contributed by atoms with Gasteiger partial charge in [0, 0.05) is 25.5 Å². The molecule has 0 aliphatic rings. The summed E-state index contributed by atoms with van der Waals surface area (Å²) in [5.74, 6) is 0.727. The molecule has 1 amide bonds. The van der Waals surface area contributed by atoms with Crippen molar-refractivity contribution < 1.29 is 9.53 Å². The molecule has 2 aromatic rings. The van der Waals surface area contributed by atoms with Crippen LogP contribution < -0.4 is 5.32 Å². The van der Waals surface area contributed by atoms with Crippen molar-refractivity contribution in [3.63, 3.8) is 0 Å². The van der Waals surface area contributed by atoms with Gasteiger partial charge in [-0.1, -0.05) is 43.8 Å². The molecule has 1 unspecified atom stereocenters. The van der Waals surface area contributed by atoms with Crippen molar-refractivity contribution in [1.29, 1.82) is 0 Å². The lowest BCUT2D eigenvalue weighted by molar-refractivity contribution is -0.119. The minimum absolute atomic E-state index is 0.00418. The third-order valence-corrected chi connectivity index (χ3v) is 4.55. The average molecular weight is 347 g/mol. The summed E-state index contributed by atoms with van der Waals surface area (Å²) in [6.45, 7) is 6.78. The van der Waals surface area contributed by atoms with E-state index in [4.69, 9.17) is 4.74 Å². The van der Waals surface area contributed by atoms with E-state index >= 15 is 0 Å². The highest BCUT2D eigenvalue weighted by atomic mass is 32.2. The van der Waals surface area contributed by atoms with E-state index in [1.54, 1.807) is 13.3 Å². The van der Waals surface area contributed by atoms with Crippen molar-refractivity contribution in [3.8, 4) is 5.69 Å². The van der Waals surface area contributed by atoms with Crippen LogP contribution >= 0.6 is 11.8 Å². The summed E-state index contributed by atoms with van der Waals surface area (Å²) < 4.78 is 7.08. The summed E-state index contributed by atoms with van der Waals surface area (Å²) in [6.07, 6.45) is 3.71. The number of carbonyl (C=O) groups is 1. The predicted molar refractivity (Wildman–Crippen MR) is 97.9 cm³/mol. The number of para-hydroxylation sites is 1. The second kappa shape index (κ2) is 8.89. The van der Waals surface area contributed by atoms with E-state index in [-0.39, 0.29) is 11.9 Å². The number of rotatable bonds is 8. The number of nitrogens with zero attached hydrogens (tertiary/aromatic N) is 2. The van der Waals surface area contributed by atoms with E-state index in [9.17, 15) is 4.79 Å². The van der Waals surface area contributed by atoms with Gasteiger partial charge in [-0.15, -0.1) is 0 Å². The van der Waals surface area contributed by atoms with Crippen LogP contribution in [0.2, 0.25) is 0 Å². The minimum Gasteiger partial charge on any atom is -0.383 e. The van der Waals surface area contributed by atoms with E-state index < -0.39 is 0 Å². The molecular weight excluding hydrogens is 322 g/mol. The molecule has 0 aliphatic carbocycles. The average Bonchev–Trinajstić information content (AvgIpc) is 3.01. The first-order valence-electron chi connectivity index (χ1n) is 8.06. The predicted octanol–water partition coefficient (Wildman–Crippen LogP) is 3.24. The molecule has 24 heavy (non-hydrogen) atoms. The van der Waals surface area contributed by atoms with Crippen LogP contribution in [-0.4, -0.2) is 41.0 Å². The highest BCUT2D eigenvalue weighted by Gasteiger charge is 2.14. The fourth-order valence-corrected chi connectivity index (χ4v) is 3.29. The van der Waals surface area contributed by atoms with E-state index in [0.29, 0.717) is 18.3 Å². The number of benzene rings is 1. The quantitative estimate of drug-likeness (QED) is 0.745. The Balaban J connectivity index is 2.08. The zero-order valence-corrected chi connectivity index (χ0v) is 15.5. The van der Waals surface area contributed by atoms with Gasteiger partial charge in [-0.2, -0.15) is 0 Å². The molecule has 130 valence electrons. The Morgan fingerprint density at radius 2 is 2.08 bits per heavy atom. The Morgan fingerprint density at radius 3 is 2.79 bits per heavy atom. The second-order valence-electron chi connectivity index (χ2n) is 6.01. The van der Waals surface area contributed by atoms with Gasteiger partial charge in [-0.05, 0) is 24.5 Å². The van der Waals surface area contributed by atoms with E-state index in [1.807, 2.05) is 29.8 Å². The molecule has 0 radical (unpaired) electrons. The number of carbonyl (C=O) groups excluding carboxylic acids is 1. The smallest absolute Gasteiger partial charge is 0.230 e. The number of aromatic nitrogens is 2. The number of nitrogens with one attached hydrogen (secondary N) is 1. The number of hydrogen-bond donors (Lipinski definition) is 1. The molecule has 0 saturated heterocycles. The van der Waals surface area contributed by atoms with Crippen molar-refractivity contribution in [2.45, 2.75) is 37.9 Å². The summed E-state index contributed by atoms with van der Waals surface area (Å²) in [7, 11) is 1.63. The van der Waals surface area contributed by atoms with Crippen molar-refractivity contribution in [1.82, 2.24) is 14.9 Å². The Hall–Kier alpha value is -1.79. The number of hydrogen-bond acceptors (Lipinski definition) is 4. The number of methoxy groups -OCH3 is 1. The van der Waals surface area contributed by atoms with Crippen LogP contribution in [0.1, 0.15) is 32.3 Å². The fourth-order valence-electron chi connectivity index (χ4n) is 2.51. The Morgan fingerprint density at radius 1 is 1.33 bits per heavy atom. The van der Waals surface area contributed by atoms with Crippen molar-refractivity contribution in [3.05, 3.63) is 42.2 Å². The zero-order valence-electron chi connectivity index (χ0n) is 14.7. The summed E-state index contributed by atoms with van der Waals surface area (Å²) in [4.78, 5) is 16.4. The molecule has 1 atom stereocenters. The molecule has 1 heterocycles. The van der Waals surface area contributed by atoms with Crippen molar-refractivity contribution >= 4 is 17.7 Å². The second-order valence-corrected chi connectivity index (χ2v) is 6.95. The molecule has 0 saturated carbocycles. The van der Waals surface area contributed by atoms with Gasteiger partial charge < -0.3 is 10.1 Å². The lowest BCUT2D eigenvalue weighted by Gasteiger charge is -2.15. The third kappa shape index (κ3) is 4.85. The number of ether oxygens (including phenoxy) is 1. The van der Waals surface area contributed by atoms with Crippen LogP contribution in [0.3, 0.4) is 0 Å². The number of amides is 1. The SMILES string of the molecule is COCC(C)NC(=O)CSc1nccn1-c1ccccc1C(C)C. The molecule has 0 fully saturated rings.